The Morgan fingerprint density at radius 3 is 2.61 bits per heavy atom. The third-order valence-electron chi connectivity index (χ3n) is 9.96. The third-order valence-corrected chi connectivity index (χ3v) is 9.96. The summed E-state index contributed by atoms with van der Waals surface area (Å²) in [6.45, 7) is 5.70. The molecule has 0 radical (unpaired) electrons. The van der Waals surface area contributed by atoms with Gasteiger partial charge in [-0.3, -0.25) is 23.9 Å². The first-order chi connectivity index (χ1) is 23.5. The van der Waals surface area contributed by atoms with Gasteiger partial charge in [0.2, 0.25) is 17.7 Å². The number of hydrogen-bond donors (Lipinski definition) is 3. The number of hydrogen-bond acceptors (Lipinski definition) is 8. The first-order valence-electron chi connectivity index (χ1n) is 16.6. The van der Waals surface area contributed by atoms with E-state index in [1.807, 2.05) is 50.3 Å². The van der Waals surface area contributed by atoms with Crippen molar-refractivity contribution in [2.24, 2.45) is 11.1 Å². The summed E-state index contributed by atoms with van der Waals surface area (Å²) in [5, 5.41) is 11.2. The van der Waals surface area contributed by atoms with Crippen LogP contribution in [-0.4, -0.2) is 71.9 Å². The van der Waals surface area contributed by atoms with Crippen molar-refractivity contribution in [2.45, 2.75) is 77.9 Å². The van der Waals surface area contributed by atoms with Gasteiger partial charge in [0.25, 0.3) is 5.91 Å². The summed E-state index contributed by atoms with van der Waals surface area (Å²) in [4.78, 5) is 68.7. The Morgan fingerprint density at radius 1 is 1.04 bits per heavy atom. The molecule has 4 aromatic rings. The number of pyridine rings is 1. The molecule has 2 fully saturated rings. The highest BCUT2D eigenvalue weighted by Crippen LogP contribution is 2.59. The lowest BCUT2D eigenvalue weighted by Gasteiger charge is -2.27. The second-order valence-electron chi connectivity index (χ2n) is 13.5. The third kappa shape index (κ3) is 6.16. The highest BCUT2D eigenvalue weighted by atomic mass is 16.2. The fourth-order valence-electron chi connectivity index (χ4n) is 7.27. The van der Waals surface area contributed by atoms with Crippen molar-refractivity contribution >= 4 is 40.3 Å². The Kier molecular flexibility index (Phi) is 8.21. The van der Waals surface area contributed by atoms with Gasteiger partial charge in [0.15, 0.2) is 5.69 Å². The van der Waals surface area contributed by atoms with Gasteiger partial charge in [0, 0.05) is 53.5 Å². The Balaban J connectivity index is 1.30. The molecule has 3 aromatic heterocycles. The van der Waals surface area contributed by atoms with Crippen molar-refractivity contribution in [1.82, 2.24) is 34.9 Å². The number of aromatic nitrogens is 5. The minimum Gasteiger partial charge on any atom is -0.364 e. The highest BCUT2D eigenvalue weighted by Gasteiger charge is 2.67. The number of amides is 4. The second kappa shape index (κ2) is 12.5. The SMILES string of the molecule is Cc1ccc(C)c(NC(=O)[C@@H]2C[C@]34CNC(=O)CCCC=CCc5cc(-c6cnc(C)nc6)cc6c(C(N)=O)nn(c56)CC(=O)N2[C@@H]3C4)n1. The molecule has 3 aliphatic rings. The van der Waals surface area contributed by atoms with E-state index in [4.69, 9.17) is 5.73 Å². The lowest BCUT2D eigenvalue weighted by molar-refractivity contribution is -0.138. The zero-order valence-electron chi connectivity index (χ0n) is 27.8. The zero-order chi connectivity index (χ0) is 34.4. The Morgan fingerprint density at radius 2 is 1.84 bits per heavy atom. The van der Waals surface area contributed by atoms with Crippen LogP contribution in [0.15, 0.2) is 48.8 Å². The van der Waals surface area contributed by atoms with Gasteiger partial charge >= 0.3 is 0 Å². The van der Waals surface area contributed by atoms with Gasteiger partial charge in [-0.25, -0.2) is 15.0 Å². The Labute approximate surface area is 283 Å². The Hall–Kier alpha value is -5.46. The molecule has 1 aromatic carbocycles. The quantitative estimate of drug-likeness (QED) is 0.279. The van der Waals surface area contributed by atoms with E-state index < -0.39 is 17.4 Å². The molecule has 4 N–H and O–H groups in total. The van der Waals surface area contributed by atoms with Gasteiger partial charge in [-0.05, 0) is 87.8 Å². The number of nitrogens with two attached hydrogens (primary N) is 1. The minimum atomic E-state index is -0.781. The predicted octanol–water partition coefficient (Wildman–Crippen LogP) is 3.31. The summed E-state index contributed by atoms with van der Waals surface area (Å²) >= 11 is 0. The number of carbonyl (C=O) groups is 4. The summed E-state index contributed by atoms with van der Waals surface area (Å²) < 4.78 is 1.54. The molecule has 1 aliphatic carbocycles. The standard InChI is InChI=1S/C36H39N9O4/c1-20-10-11-21(2)41-34(20)42-35(49)27-14-36-15-28(36)45(27)30(47)18-44-32-23(8-6-4-5-7-9-29(46)40-19-36)12-24(25-16-38-22(3)39-17-25)13-26(32)31(43-44)33(37)48/h4,6,10-13,16-17,27-28H,5,7-9,14-15,18-19H2,1-3H3,(H2,37,48)(H,40,46)(H,41,42,49)/t27-,28+,36-/m0/s1. The molecule has 4 amide bonds. The topological polar surface area (TPSA) is 178 Å². The maximum Gasteiger partial charge on any atom is 0.269 e. The van der Waals surface area contributed by atoms with E-state index in [1.165, 1.54) is 0 Å². The van der Waals surface area contributed by atoms with Gasteiger partial charge in [-0.2, -0.15) is 5.10 Å². The van der Waals surface area contributed by atoms with Crippen molar-refractivity contribution in [2.75, 3.05) is 11.9 Å². The van der Waals surface area contributed by atoms with E-state index in [0.717, 1.165) is 27.9 Å². The molecule has 0 unspecified atom stereocenters. The van der Waals surface area contributed by atoms with Crippen LogP contribution < -0.4 is 16.4 Å². The maximum absolute atomic E-state index is 14.4. The van der Waals surface area contributed by atoms with Crippen molar-refractivity contribution in [1.29, 1.82) is 0 Å². The number of nitrogens with one attached hydrogen (secondary N) is 2. The first kappa shape index (κ1) is 32.1. The normalized spacial score (nSPS) is 22.4. The molecule has 1 saturated heterocycles. The molecule has 5 heterocycles. The molecule has 3 atom stereocenters. The molecule has 0 spiro atoms. The minimum absolute atomic E-state index is 0.0445. The number of nitrogens with zero attached hydrogens (tertiary/aromatic N) is 6. The van der Waals surface area contributed by atoms with Gasteiger partial charge < -0.3 is 21.3 Å². The number of primary amides is 1. The summed E-state index contributed by atoms with van der Waals surface area (Å²) in [7, 11) is 0. The second-order valence-corrected chi connectivity index (χ2v) is 13.5. The van der Waals surface area contributed by atoms with Crippen LogP contribution >= 0.6 is 0 Å². The van der Waals surface area contributed by atoms with Crippen LogP contribution in [0.3, 0.4) is 0 Å². The van der Waals surface area contributed by atoms with Gasteiger partial charge in [0.1, 0.15) is 24.2 Å². The Bertz CT molecular complexity index is 2040. The van der Waals surface area contributed by atoms with Crippen LogP contribution in [0.4, 0.5) is 5.82 Å². The number of carbonyl (C=O) groups excluding carboxylic acids is 4. The number of aryl methyl sites for hydroxylation is 3. The lowest BCUT2D eigenvalue weighted by atomic mass is 9.98. The monoisotopic (exact) mass is 661 g/mol. The molecule has 13 nitrogen and oxygen atoms in total. The van der Waals surface area contributed by atoms with Crippen molar-refractivity contribution in [3.8, 4) is 11.1 Å². The van der Waals surface area contributed by atoms with Crippen LogP contribution in [-0.2, 0) is 27.3 Å². The largest absolute Gasteiger partial charge is 0.364 e. The molecule has 2 aliphatic heterocycles. The molecule has 13 heteroatoms. The van der Waals surface area contributed by atoms with E-state index in [1.54, 1.807) is 28.9 Å². The molecular weight excluding hydrogens is 622 g/mol. The van der Waals surface area contributed by atoms with Crippen LogP contribution in [0.2, 0.25) is 0 Å². The number of piperidine rings is 1. The van der Waals surface area contributed by atoms with E-state index in [0.29, 0.717) is 67.6 Å². The summed E-state index contributed by atoms with van der Waals surface area (Å²) in [6.07, 6.45) is 10.8. The molecule has 252 valence electrons. The predicted molar refractivity (Wildman–Crippen MR) is 182 cm³/mol. The van der Waals surface area contributed by atoms with E-state index in [-0.39, 0.29) is 36.0 Å². The smallest absolute Gasteiger partial charge is 0.269 e. The number of benzene rings is 1. The van der Waals surface area contributed by atoms with Gasteiger partial charge in [-0.15, -0.1) is 0 Å². The van der Waals surface area contributed by atoms with E-state index in [9.17, 15) is 19.2 Å². The maximum atomic E-state index is 14.4. The van der Waals surface area contributed by atoms with E-state index >= 15 is 0 Å². The zero-order valence-corrected chi connectivity index (χ0v) is 27.8. The first-order valence-corrected chi connectivity index (χ1v) is 16.6. The fourth-order valence-corrected chi connectivity index (χ4v) is 7.27. The molecule has 1 saturated carbocycles. The average molecular weight is 662 g/mol. The van der Waals surface area contributed by atoms with Gasteiger partial charge in [0.05, 0.1) is 5.52 Å². The van der Waals surface area contributed by atoms with Gasteiger partial charge in [-0.1, -0.05) is 18.2 Å². The van der Waals surface area contributed by atoms with Crippen LogP contribution in [0.1, 0.15) is 65.2 Å². The molecule has 7 rings (SSSR count). The average Bonchev–Trinajstić information content (AvgIpc) is 3.48. The lowest BCUT2D eigenvalue weighted by Crippen LogP contribution is -2.47. The summed E-state index contributed by atoms with van der Waals surface area (Å²) in [5.74, 6) is -0.321. The van der Waals surface area contributed by atoms with Crippen LogP contribution in [0, 0.1) is 26.2 Å². The van der Waals surface area contributed by atoms with Crippen LogP contribution in [0.25, 0.3) is 22.0 Å². The summed E-state index contributed by atoms with van der Waals surface area (Å²) in [5.41, 5.74) is 10.1. The number of rotatable bonds is 4. The van der Waals surface area contributed by atoms with Crippen LogP contribution in [0.5, 0.6) is 0 Å². The molecular formula is C36H39N9O4. The fraction of sp³-hybridized carbons (Fsp3) is 0.389. The van der Waals surface area contributed by atoms with Crippen molar-refractivity contribution in [3.05, 3.63) is 77.2 Å². The van der Waals surface area contributed by atoms with Crippen molar-refractivity contribution in [3.63, 3.8) is 0 Å². The van der Waals surface area contributed by atoms with E-state index in [2.05, 4.69) is 30.7 Å². The molecule has 2 bridgehead atoms. The number of allylic oxidation sites excluding steroid dienone is 2. The number of anilines is 1. The molecule has 49 heavy (non-hydrogen) atoms. The summed E-state index contributed by atoms with van der Waals surface area (Å²) in [6, 6.07) is 6.58. The highest BCUT2D eigenvalue weighted by molar-refractivity contribution is 6.06. The van der Waals surface area contributed by atoms with Crippen molar-refractivity contribution < 1.29 is 19.2 Å².